The lowest BCUT2D eigenvalue weighted by Crippen LogP contribution is -2.44. The molecule has 294 valence electrons. The zero-order valence-corrected chi connectivity index (χ0v) is 33.4. The van der Waals surface area contributed by atoms with Crippen LogP contribution < -0.4 is 33.3 Å². The molecule has 0 unspecified atom stereocenters. The van der Waals surface area contributed by atoms with E-state index < -0.39 is 11.6 Å². The molecule has 6 rings (SSSR count). The van der Waals surface area contributed by atoms with Crippen LogP contribution in [0.5, 0.6) is 34.5 Å². The molecule has 0 amide bonds. The molecule has 9 nitrogen and oxygen atoms in total. The van der Waals surface area contributed by atoms with E-state index in [1.807, 2.05) is 48.8 Å². The molecule has 0 aliphatic carbocycles. The van der Waals surface area contributed by atoms with Crippen LogP contribution in [0.3, 0.4) is 0 Å². The number of halogens is 4. The van der Waals surface area contributed by atoms with Gasteiger partial charge in [-0.3, -0.25) is 9.88 Å². The van der Waals surface area contributed by atoms with Crippen LogP contribution in [0.4, 0.5) is 14.5 Å². The maximum absolute atomic E-state index is 14.6. The number of anilines is 1. The van der Waals surface area contributed by atoms with E-state index in [4.69, 9.17) is 28.4 Å². The minimum absolute atomic E-state index is 0. The predicted octanol–water partition coefficient (Wildman–Crippen LogP) is 9.26. The molecule has 1 aromatic heterocycles. The van der Waals surface area contributed by atoms with Crippen molar-refractivity contribution in [3.8, 4) is 56.8 Å². The Morgan fingerprint density at radius 3 is 1.67 bits per heavy atom. The van der Waals surface area contributed by atoms with Gasteiger partial charge >= 0.3 is 0 Å². The molecule has 0 saturated carbocycles. The highest BCUT2D eigenvalue weighted by Gasteiger charge is 2.27. The van der Waals surface area contributed by atoms with Crippen LogP contribution in [0.2, 0.25) is 0 Å². The van der Waals surface area contributed by atoms with Gasteiger partial charge in [-0.1, -0.05) is 18.2 Å². The Morgan fingerprint density at radius 1 is 0.600 bits per heavy atom. The summed E-state index contributed by atoms with van der Waals surface area (Å²) < 4.78 is 62.1. The Morgan fingerprint density at radius 2 is 1.15 bits per heavy atom. The van der Waals surface area contributed by atoms with Crippen molar-refractivity contribution in [2.75, 3.05) is 60.6 Å². The van der Waals surface area contributed by atoms with E-state index in [1.165, 1.54) is 12.1 Å². The van der Waals surface area contributed by atoms with E-state index in [0.29, 0.717) is 46.7 Å². The lowest BCUT2D eigenvalue weighted by molar-refractivity contribution is 0.200. The third-order valence-electron chi connectivity index (χ3n) is 9.71. The summed E-state index contributed by atoms with van der Waals surface area (Å²) in [6, 6.07) is 22.2. The maximum Gasteiger partial charge on any atom is 0.203 e. The first-order valence-electron chi connectivity index (χ1n) is 17.4. The molecule has 13 heteroatoms. The standard InChI is InChI=1S/C42H45F2N3O6.2ClH/c1-48-37-18-30(19-38(49-2)41(37)52-5)29-9-7-8-27(16-29)26-47(34-10-11-35(43)36(44)22-34)33-12-14-46(15-13-33)25-28-17-32(24-45-23-28)31-20-39(50-3)42(53-6)40(21-31)51-4;;/h7-11,16-24,33H,12-15,25-26H2,1-6H3;2*1H. The topological polar surface area (TPSA) is 74.8 Å². The molecule has 1 fully saturated rings. The van der Waals surface area contributed by atoms with Gasteiger partial charge in [-0.25, -0.2) is 8.78 Å². The van der Waals surface area contributed by atoms with Gasteiger partial charge < -0.3 is 33.3 Å². The fourth-order valence-corrected chi connectivity index (χ4v) is 7.02. The van der Waals surface area contributed by atoms with Gasteiger partial charge in [0.05, 0.1) is 42.7 Å². The number of rotatable bonds is 14. The molecule has 2 heterocycles. The lowest BCUT2D eigenvalue weighted by atomic mass is 9.98. The Kier molecular flexibility index (Phi) is 15.2. The number of aromatic nitrogens is 1. The molecule has 1 aliphatic heterocycles. The highest BCUT2D eigenvalue weighted by Crippen LogP contribution is 2.43. The molecular formula is C42H47Cl2F2N3O6. The zero-order valence-electron chi connectivity index (χ0n) is 31.8. The number of piperidine rings is 1. The van der Waals surface area contributed by atoms with Crippen molar-refractivity contribution >= 4 is 30.5 Å². The van der Waals surface area contributed by atoms with Gasteiger partial charge in [0.25, 0.3) is 0 Å². The van der Waals surface area contributed by atoms with E-state index in [1.54, 1.807) is 48.7 Å². The molecule has 0 N–H and O–H groups in total. The molecule has 1 aliphatic rings. The van der Waals surface area contributed by atoms with Gasteiger partial charge in [-0.15, -0.1) is 24.8 Å². The minimum atomic E-state index is -0.865. The summed E-state index contributed by atoms with van der Waals surface area (Å²) in [7, 11) is 9.54. The van der Waals surface area contributed by atoms with Crippen LogP contribution in [0.15, 0.2) is 85.2 Å². The normalized spacial score (nSPS) is 12.9. The van der Waals surface area contributed by atoms with E-state index in [9.17, 15) is 8.78 Å². The zero-order chi connectivity index (χ0) is 37.5. The van der Waals surface area contributed by atoms with Gasteiger partial charge in [0.1, 0.15) is 0 Å². The number of methoxy groups -OCH3 is 6. The van der Waals surface area contributed by atoms with Crippen LogP contribution in [0.25, 0.3) is 22.3 Å². The van der Waals surface area contributed by atoms with Crippen LogP contribution >= 0.6 is 24.8 Å². The van der Waals surface area contributed by atoms with Crippen LogP contribution in [0.1, 0.15) is 24.0 Å². The molecule has 5 aromatic rings. The minimum Gasteiger partial charge on any atom is -0.493 e. The average Bonchev–Trinajstić information content (AvgIpc) is 3.20. The SMILES string of the molecule is COc1cc(-c2cncc(CN3CCC(N(Cc4cccc(-c5cc(OC)c(OC)c(OC)c5)c4)c4ccc(F)c(F)c4)CC3)c2)cc(OC)c1OC.Cl.Cl. The van der Waals surface area contributed by atoms with Crippen molar-refractivity contribution in [2.24, 2.45) is 0 Å². The summed E-state index contributed by atoms with van der Waals surface area (Å²) in [5.41, 5.74) is 6.46. The third kappa shape index (κ3) is 9.65. The Bertz CT molecular complexity index is 2000. The van der Waals surface area contributed by atoms with E-state index in [-0.39, 0.29) is 30.9 Å². The first-order valence-corrected chi connectivity index (χ1v) is 17.4. The van der Waals surface area contributed by atoms with Crippen molar-refractivity contribution in [3.05, 3.63) is 108 Å². The lowest BCUT2D eigenvalue weighted by Gasteiger charge is -2.40. The van der Waals surface area contributed by atoms with Gasteiger partial charge in [-0.05, 0) is 89.2 Å². The number of hydrogen-bond acceptors (Lipinski definition) is 9. The molecular weight excluding hydrogens is 751 g/mol. The monoisotopic (exact) mass is 797 g/mol. The highest BCUT2D eigenvalue weighted by atomic mass is 35.5. The average molecular weight is 799 g/mol. The van der Waals surface area contributed by atoms with Crippen LogP contribution in [-0.2, 0) is 13.1 Å². The van der Waals surface area contributed by atoms with Gasteiger partial charge in [-0.2, -0.15) is 0 Å². The molecule has 0 bridgehead atoms. The van der Waals surface area contributed by atoms with Crippen molar-refractivity contribution in [1.82, 2.24) is 9.88 Å². The largest absolute Gasteiger partial charge is 0.493 e. The van der Waals surface area contributed by atoms with Crippen molar-refractivity contribution in [1.29, 1.82) is 0 Å². The molecule has 55 heavy (non-hydrogen) atoms. The number of hydrogen-bond donors (Lipinski definition) is 0. The van der Waals surface area contributed by atoms with Crippen molar-refractivity contribution in [3.63, 3.8) is 0 Å². The second kappa shape index (κ2) is 19.6. The summed E-state index contributed by atoms with van der Waals surface area (Å²) in [6.07, 6.45) is 5.39. The number of nitrogens with zero attached hydrogens (tertiary/aromatic N) is 3. The summed E-state index contributed by atoms with van der Waals surface area (Å²) >= 11 is 0. The number of benzene rings is 4. The Balaban J connectivity index is 0.00000336. The quantitative estimate of drug-likeness (QED) is 0.109. The highest BCUT2D eigenvalue weighted by molar-refractivity contribution is 5.85. The molecule has 0 atom stereocenters. The fraction of sp³-hybridized carbons (Fsp3) is 0.310. The van der Waals surface area contributed by atoms with E-state index >= 15 is 0 Å². The first-order chi connectivity index (χ1) is 25.8. The number of pyridine rings is 1. The van der Waals surface area contributed by atoms with Crippen molar-refractivity contribution in [2.45, 2.75) is 32.0 Å². The van der Waals surface area contributed by atoms with E-state index in [0.717, 1.165) is 65.9 Å². The molecule has 0 spiro atoms. The fourth-order valence-electron chi connectivity index (χ4n) is 7.02. The third-order valence-corrected chi connectivity index (χ3v) is 9.71. The summed E-state index contributed by atoms with van der Waals surface area (Å²) in [6.45, 7) is 2.88. The van der Waals surface area contributed by atoms with Gasteiger partial charge in [0.2, 0.25) is 11.5 Å². The first kappa shape index (κ1) is 42.8. The molecule has 1 saturated heterocycles. The van der Waals surface area contributed by atoms with Gasteiger partial charge in [0.15, 0.2) is 34.6 Å². The van der Waals surface area contributed by atoms with Crippen LogP contribution in [0, 0.1) is 11.6 Å². The summed E-state index contributed by atoms with van der Waals surface area (Å²) in [5.74, 6) is 1.60. The number of likely N-dealkylation sites (tertiary alicyclic amines) is 1. The summed E-state index contributed by atoms with van der Waals surface area (Å²) in [5, 5.41) is 0. The number of ether oxygens (including phenoxy) is 6. The predicted molar refractivity (Wildman–Crippen MR) is 216 cm³/mol. The second-order valence-electron chi connectivity index (χ2n) is 12.8. The van der Waals surface area contributed by atoms with Gasteiger partial charge in [0, 0.05) is 61.9 Å². The second-order valence-corrected chi connectivity index (χ2v) is 12.8. The molecule has 4 aromatic carbocycles. The van der Waals surface area contributed by atoms with Crippen LogP contribution in [-0.4, -0.2) is 71.7 Å². The maximum atomic E-state index is 14.6. The smallest absolute Gasteiger partial charge is 0.203 e. The van der Waals surface area contributed by atoms with E-state index in [2.05, 4.69) is 33.0 Å². The summed E-state index contributed by atoms with van der Waals surface area (Å²) in [4.78, 5) is 9.15. The Labute approximate surface area is 333 Å². The molecule has 0 radical (unpaired) electrons. The Hall–Kier alpha value is -4.97. The van der Waals surface area contributed by atoms with Crippen molar-refractivity contribution < 1.29 is 37.2 Å².